The molecule has 0 fully saturated rings. The first-order valence-corrected chi connectivity index (χ1v) is 1.88. The van der Waals surface area contributed by atoms with E-state index in [-0.39, 0.29) is 0 Å². The maximum absolute atomic E-state index is 2.84. The SMILES string of the molecule is C1#CNC=CC1. The Hall–Kier alpha value is -0.900. The smallest absolute Gasteiger partial charge is 0.0305 e. The minimum absolute atomic E-state index is 0.896. The molecule has 0 atom stereocenters. The summed E-state index contributed by atoms with van der Waals surface area (Å²) in [4.78, 5) is 0. The highest BCUT2D eigenvalue weighted by Crippen LogP contribution is 1.79. The monoisotopic (exact) mass is 79.0 g/mol. The van der Waals surface area contributed by atoms with Gasteiger partial charge in [0.2, 0.25) is 0 Å². The van der Waals surface area contributed by atoms with Gasteiger partial charge in [0.1, 0.15) is 0 Å². The molecule has 0 aromatic heterocycles. The summed E-state index contributed by atoms with van der Waals surface area (Å²) >= 11 is 0. The molecule has 1 rings (SSSR count). The molecule has 30 valence electrons. The van der Waals surface area contributed by atoms with Crippen molar-refractivity contribution in [3.63, 3.8) is 0 Å². The van der Waals surface area contributed by atoms with Crippen LogP contribution in [0, 0.1) is 12.0 Å². The number of nitrogens with one attached hydrogen (secondary N) is 1. The van der Waals surface area contributed by atoms with E-state index in [9.17, 15) is 0 Å². The number of rotatable bonds is 0. The van der Waals surface area contributed by atoms with Crippen molar-refractivity contribution in [2.45, 2.75) is 6.42 Å². The molecule has 0 saturated carbocycles. The van der Waals surface area contributed by atoms with E-state index in [1.165, 1.54) is 0 Å². The Morgan fingerprint density at radius 1 is 1.67 bits per heavy atom. The van der Waals surface area contributed by atoms with E-state index in [0.29, 0.717) is 0 Å². The van der Waals surface area contributed by atoms with Crippen molar-refractivity contribution >= 4 is 0 Å². The molecule has 1 aliphatic heterocycles. The van der Waals surface area contributed by atoms with Gasteiger partial charge < -0.3 is 5.32 Å². The van der Waals surface area contributed by atoms with Crippen LogP contribution in [-0.2, 0) is 0 Å². The summed E-state index contributed by atoms with van der Waals surface area (Å²) in [6.07, 6.45) is 4.72. The Morgan fingerprint density at radius 3 is 2.83 bits per heavy atom. The van der Waals surface area contributed by atoms with Crippen LogP contribution in [-0.4, -0.2) is 0 Å². The van der Waals surface area contributed by atoms with Crippen molar-refractivity contribution < 1.29 is 0 Å². The van der Waals surface area contributed by atoms with E-state index >= 15 is 0 Å². The molecule has 0 saturated heterocycles. The Kier molecular flexibility index (Phi) is 0.832. The summed E-state index contributed by atoms with van der Waals surface area (Å²) < 4.78 is 0. The lowest BCUT2D eigenvalue weighted by molar-refractivity contribution is 1.19. The summed E-state index contributed by atoms with van der Waals surface area (Å²) in [6.45, 7) is 0. The largest absolute Gasteiger partial charge is 0.322 e. The lowest BCUT2D eigenvalue weighted by Crippen LogP contribution is -1.94. The zero-order valence-corrected chi connectivity index (χ0v) is 3.36. The number of allylic oxidation sites excluding steroid dienone is 1. The van der Waals surface area contributed by atoms with E-state index in [2.05, 4.69) is 17.3 Å². The minimum atomic E-state index is 0.896. The van der Waals surface area contributed by atoms with Gasteiger partial charge >= 0.3 is 0 Å². The molecule has 1 nitrogen and oxygen atoms in total. The van der Waals surface area contributed by atoms with Crippen LogP contribution in [0.4, 0.5) is 0 Å². The maximum Gasteiger partial charge on any atom is 0.0305 e. The van der Waals surface area contributed by atoms with Crippen molar-refractivity contribution in [1.82, 2.24) is 5.32 Å². The highest BCUT2D eigenvalue weighted by molar-refractivity contribution is 5.10. The third kappa shape index (κ3) is 0.526. The predicted molar refractivity (Wildman–Crippen MR) is 24.7 cm³/mol. The van der Waals surface area contributed by atoms with Crippen LogP contribution in [0.1, 0.15) is 6.42 Å². The molecule has 0 spiro atoms. The molecule has 1 heterocycles. The predicted octanol–water partition coefficient (Wildman–Crippen LogP) is 0.454. The van der Waals surface area contributed by atoms with Crippen LogP contribution < -0.4 is 5.32 Å². The third-order valence-electron chi connectivity index (χ3n) is 0.582. The second-order valence-electron chi connectivity index (χ2n) is 1.05. The highest BCUT2D eigenvalue weighted by Gasteiger charge is 1.71. The van der Waals surface area contributed by atoms with Crippen molar-refractivity contribution in [2.75, 3.05) is 0 Å². The van der Waals surface area contributed by atoms with Crippen LogP contribution in [0.5, 0.6) is 0 Å². The summed E-state index contributed by atoms with van der Waals surface area (Å²) in [6, 6.07) is 2.70. The lowest BCUT2D eigenvalue weighted by atomic mass is 10.4. The first-order valence-electron chi connectivity index (χ1n) is 1.88. The molecule has 1 heteroatoms. The Morgan fingerprint density at radius 2 is 2.67 bits per heavy atom. The summed E-state index contributed by atoms with van der Waals surface area (Å²) in [5, 5.41) is 2.74. The van der Waals surface area contributed by atoms with E-state index in [1.807, 2.05) is 12.3 Å². The fraction of sp³-hybridized carbons (Fsp3) is 0.200. The van der Waals surface area contributed by atoms with E-state index in [4.69, 9.17) is 0 Å². The van der Waals surface area contributed by atoms with Crippen molar-refractivity contribution in [1.29, 1.82) is 0 Å². The molecular formula is C5H5N. The normalized spacial score (nSPS) is 14.7. The van der Waals surface area contributed by atoms with Gasteiger partial charge in [0.15, 0.2) is 0 Å². The van der Waals surface area contributed by atoms with Gasteiger partial charge in [-0.25, -0.2) is 0 Å². The average molecular weight is 79.1 g/mol. The maximum atomic E-state index is 2.84. The highest BCUT2D eigenvalue weighted by atomic mass is 14.8. The first-order chi connectivity index (χ1) is 3.00. The fourth-order valence-electron chi connectivity index (χ4n) is 0.321. The van der Waals surface area contributed by atoms with Crippen LogP contribution >= 0.6 is 0 Å². The van der Waals surface area contributed by atoms with Crippen LogP contribution in [0.15, 0.2) is 12.3 Å². The second-order valence-corrected chi connectivity index (χ2v) is 1.05. The van der Waals surface area contributed by atoms with Crippen LogP contribution in [0.2, 0.25) is 0 Å². The van der Waals surface area contributed by atoms with Crippen molar-refractivity contribution in [2.24, 2.45) is 0 Å². The first kappa shape index (κ1) is 3.30. The standard InChI is InChI=1S/C5H5N/c1-2-4-6-5-3-1/h2,4,6H,1H2. The van der Waals surface area contributed by atoms with E-state index in [0.717, 1.165) is 6.42 Å². The average Bonchev–Trinajstić information content (AvgIpc) is 1.72. The summed E-state index contributed by atoms with van der Waals surface area (Å²) in [7, 11) is 0. The summed E-state index contributed by atoms with van der Waals surface area (Å²) in [5.74, 6) is 2.84. The van der Waals surface area contributed by atoms with Gasteiger partial charge in [-0.3, -0.25) is 0 Å². The molecule has 6 heavy (non-hydrogen) atoms. The van der Waals surface area contributed by atoms with Gasteiger partial charge in [0.25, 0.3) is 0 Å². The Balaban J connectivity index is 2.51. The van der Waals surface area contributed by atoms with Gasteiger partial charge in [-0.15, -0.1) is 0 Å². The molecule has 0 amide bonds. The number of hydrogen-bond donors (Lipinski definition) is 1. The molecule has 0 aliphatic carbocycles. The molecule has 0 aromatic carbocycles. The zero-order valence-electron chi connectivity index (χ0n) is 3.36. The van der Waals surface area contributed by atoms with Gasteiger partial charge in [0, 0.05) is 18.7 Å². The molecule has 0 aromatic rings. The van der Waals surface area contributed by atoms with Crippen LogP contribution in [0.25, 0.3) is 0 Å². The van der Waals surface area contributed by atoms with Gasteiger partial charge in [0.05, 0.1) is 0 Å². The molecule has 0 bridgehead atoms. The van der Waals surface area contributed by atoms with Gasteiger partial charge in [-0.05, 0) is 0 Å². The quantitative estimate of drug-likeness (QED) is 0.416. The second kappa shape index (κ2) is 1.51. The van der Waals surface area contributed by atoms with Crippen molar-refractivity contribution in [3.05, 3.63) is 12.3 Å². The molecular weight excluding hydrogens is 74.1 g/mol. The Labute approximate surface area is 37.1 Å². The fourth-order valence-corrected chi connectivity index (χ4v) is 0.321. The topological polar surface area (TPSA) is 12.0 Å². The number of hydrogen-bond acceptors (Lipinski definition) is 1. The molecule has 1 N–H and O–H groups in total. The van der Waals surface area contributed by atoms with E-state index < -0.39 is 0 Å². The van der Waals surface area contributed by atoms with Crippen molar-refractivity contribution in [3.8, 4) is 12.0 Å². The minimum Gasteiger partial charge on any atom is -0.322 e. The van der Waals surface area contributed by atoms with Crippen LogP contribution in [0.3, 0.4) is 0 Å². The zero-order chi connectivity index (χ0) is 4.24. The molecule has 0 radical (unpaired) electrons. The molecule has 1 aliphatic rings. The summed E-state index contributed by atoms with van der Waals surface area (Å²) in [5.41, 5.74) is 0. The molecule has 0 unspecified atom stereocenters. The van der Waals surface area contributed by atoms with E-state index in [1.54, 1.807) is 0 Å². The van der Waals surface area contributed by atoms with Gasteiger partial charge in [-0.1, -0.05) is 12.0 Å². The Bertz CT molecular complexity index is 102. The van der Waals surface area contributed by atoms with Gasteiger partial charge in [-0.2, -0.15) is 0 Å². The lowest BCUT2D eigenvalue weighted by Gasteiger charge is -1.86. The third-order valence-corrected chi connectivity index (χ3v) is 0.582.